The molecule has 1 saturated heterocycles. The fourth-order valence-electron chi connectivity index (χ4n) is 2.79. The molecule has 0 bridgehead atoms. The lowest BCUT2D eigenvalue weighted by atomic mass is 10.1. The zero-order valence-corrected chi connectivity index (χ0v) is 13.7. The highest BCUT2D eigenvalue weighted by molar-refractivity contribution is 5.75. The SMILES string of the molecule is CC(C)N(CCCC(=O)O)C(=O)N(C)C1CCCN(C)C1. The van der Waals surface area contributed by atoms with Crippen molar-refractivity contribution in [2.45, 2.75) is 51.6 Å². The molecule has 21 heavy (non-hydrogen) atoms. The average Bonchev–Trinajstić information content (AvgIpc) is 2.41. The molecule has 1 aliphatic rings. The van der Waals surface area contributed by atoms with Crippen LogP contribution in [0.1, 0.15) is 39.5 Å². The molecule has 122 valence electrons. The van der Waals surface area contributed by atoms with E-state index in [9.17, 15) is 9.59 Å². The summed E-state index contributed by atoms with van der Waals surface area (Å²) in [5.41, 5.74) is 0. The summed E-state index contributed by atoms with van der Waals surface area (Å²) < 4.78 is 0. The molecule has 6 heteroatoms. The number of carboxylic acids is 1. The third-order valence-electron chi connectivity index (χ3n) is 4.11. The molecule has 0 radical (unpaired) electrons. The molecule has 0 spiro atoms. The predicted molar refractivity (Wildman–Crippen MR) is 82.4 cm³/mol. The first-order valence-corrected chi connectivity index (χ1v) is 7.76. The lowest BCUT2D eigenvalue weighted by molar-refractivity contribution is -0.137. The van der Waals surface area contributed by atoms with Crippen LogP contribution in [0.2, 0.25) is 0 Å². The summed E-state index contributed by atoms with van der Waals surface area (Å²) in [4.78, 5) is 29.1. The van der Waals surface area contributed by atoms with Gasteiger partial charge in [-0.2, -0.15) is 0 Å². The van der Waals surface area contributed by atoms with E-state index in [2.05, 4.69) is 11.9 Å². The monoisotopic (exact) mass is 299 g/mol. The molecule has 1 aliphatic heterocycles. The number of rotatable bonds is 6. The summed E-state index contributed by atoms with van der Waals surface area (Å²) in [6, 6.07) is 0.336. The molecule has 0 aromatic rings. The van der Waals surface area contributed by atoms with Gasteiger partial charge in [0.05, 0.1) is 0 Å². The van der Waals surface area contributed by atoms with E-state index in [0.717, 1.165) is 25.9 Å². The quantitative estimate of drug-likeness (QED) is 0.811. The second-order valence-electron chi connectivity index (χ2n) is 6.24. The molecule has 0 aromatic carbocycles. The summed E-state index contributed by atoms with van der Waals surface area (Å²) in [5, 5.41) is 8.73. The zero-order chi connectivity index (χ0) is 16.0. The van der Waals surface area contributed by atoms with Gasteiger partial charge in [0.2, 0.25) is 0 Å². The molecule has 2 amide bonds. The number of carbonyl (C=O) groups excluding carboxylic acids is 1. The number of aliphatic carboxylic acids is 1. The molecule has 0 saturated carbocycles. The minimum Gasteiger partial charge on any atom is -0.481 e. The fourth-order valence-corrected chi connectivity index (χ4v) is 2.79. The standard InChI is InChI=1S/C15H29N3O3/c1-12(2)18(10-6-8-14(19)20)15(21)17(4)13-7-5-9-16(3)11-13/h12-13H,5-11H2,1-4H3,(H,19,20). The number of carbonyl (C=O) groups is 2. The minimum absolute atomic E-state index is 0.00990. The molecule has 1 heterocycles. The van der Waals surface area contributed by atoms with Crippen molar-refractivity contribution in [2.75, 3.05) is 33.7 Å². The molecule has 1 N–H and O–H groups in total. The van der Waals surface area contributed by atoms with Crippen molar-refractivity contribution >= 4 is 12.0 Å². The maximum atomic E-state index is 12.7. The smallest absolute Gasteiger partial charge is 0.320 e. The van der Waals surface area contributed by atoms with Gasteiger partial charge in [0.25, 0.3) is 0 Å². The number of carboxylic acid groups (broad SMARTS) is 1. The minimum atomic E-state index is -0.812. The summed E-state index contributed by atoms with van der Waals surface area (Å²) >= 11 is 0. The van der Waals surface area contributed by atoms with Gasteiger partial charge in [0, 0.05) is 38.6 Å². The van der Waals surface area contributed by atoms with Crippen LogP contribution in [0.4, 0.5) is 4.79 Å². The van der Waals surface area contributed by atoms with E-state index in [0.29, 0.717) is 13.0 Å². The van der Waals surface area contributed by atoms with Gasteiger partial charge in [0.1, 0.15) is 0 Å². The molecule has 1 rings (SSSR count). The summed E-state index contributed by atoms with van der Waals surface area (Å²) in [7, 11) is 3.94. The molecule has 1 fully saturated rings. The highest BCUT2D eigenvalue weighted by atomic mass is 16.4. The second-order valence-corrected chi connectivity index (χ2v) is 6.24. The first kappa shape index (κ1) is 17.8. The molecule has 1 atom stereocenters. The van der Waals surface area contributed by atoms with Gasteiger partial charge in [-0.3, -0.25) is 4.79 Å². The number of nitrogens with zero attached hydrogens (tertiary/aromatic N) is 3. The molecular formula is C15H29N3O3. The number of piperidine rings is 1. The van der Waals surface area contributed by atoms with Crippen molar-refractivity contribution in [3.63, 3.8) is 0 Å². The maximum absolute atomic E-state index is 12.7. The number of likely N-dealkylation sites (tertiary alicyclic amines) is 1. The largest absolute Gasteiger partial charge is 0.481 e. The van der Waals surface area contributed by atoms with Gasteiger partial charge in [-0.1, -0.05) is 0 Å². The average molecular weight is 299 g/mol. The second kappa shape index (κ2) is 8.22. The zero-order valence-electron chi connectivity index (χ0n) is 13.7. The topological polar surface area (TPSA) is 64.1 Å². The van der Waals surface area contributed by atoms with E-state index in [1.54, 1.807) is 4.90 Å². The van der Waals surface area contributed by atoms with Crippen LogP contribution in [-0.2, 0) is 4.79 Å². The number of urea groups is 1. The van der Waals surface area contributed by atoms with E-state index < -0.39 is 5.97 Å². The first-order chi connectivity index (χ1) is 9.82. The first-order valence-electron chi connectivity index (χ1n) is 7.76. The van der Waals surface area contributed by atoms with E-state index in [1.807, 2.05) is 25.8 Å². The van der Waals surface area contributed by atoms with Crippen LogP contribution in [0.15, 0.2) is 0 Å². The van der Waals surface area contributed by atoms with Crippen molar-refractivity contribution < 1.29 is 14.7 Å². The Morgan fingerprint density at radius 2 is 2.05 bits per heavy atom. The van der Waals surface area contributed by atoms with E-state index in [-0.39, 0.29) is 24.5 Å². The summed E-state index contributed by atoms with van der Waals surface area (Å²) in [5.74, 6) is -0.812. The van der Waals surface area contributed by atoms with Crippen molar-refractivity contribution in [1.82, 2.24) is 14.7 Å². The van der Waals surface area contributed by atoms with Crippen LogP contribution >= 0.6 is 0 Å². The predicted octanol–water partition coefficient (Wildman–Crippen LogP) is 1.71. The van der Waals surface area contributed by atoms with Crippen LogP contribution in [-0.4, -0.2) is 77.6 Å². The normalized spacial score (nSPS) is 19.6. The number of amides is 2. The highest BCUT2D eigenvalue weighted by Crippen LogP contribution is 2.16. The van der Waals surface area contributed by atoms with Crippen LogP contribution in [0.5, 0.6) is 0 Å². The van der Waals surface area contributed by atoms with Gasteiger partial charge in [-0.15, -0.1) is 0 Å². The summed E-state index contributed by atoms with van der Waals surface area (Å²) in [6.07, 6.45) is 2.75. The van der Waals surface area contributed by atoms with Gasteiger partial charge in [-0.05, 0) is 46.7 Å². The summed E-state index contributed by atoms with van der Waals surface area (Å²) in [6.45, 7) is 6.43. The van der Waals surface area contributed by atoms with Crippen molar-refractivity contribution in [1.29, 1.82) is 0 Å². The Balaban J connectivity index is 2.59. The molecule has 1 unspecified atom stereocenters. The lowest BCUT2D eigenvalue weighted by Crippen LogP contribution is -2.53. The van der Waals surface area contributed by atoms with Crippen LogP contribution in [0.25, 0.3) is 0 Å². The molecule has 6 nitrogen and oxygen atoms in total. The Morgan fingerprint density at radius 1 is 1.38 bits per heavy atom. The lowest BCUT2D eigenvalue weighted by Gasteiger charge is -2.39. The van der Waals surface area contributed by atoms with Gasteiger partial charge in [0.15, 0.2) is 0 Å². The molecule has 0 aromatic heterocycles. The molecule has 0 aliphatic carbocycles. The van der Waals surface area contributed by atoms with Gasteiger partial charge < -0.3 is 19.8 Å². The van der Waals surface area contributed by atoms with Crippen molar-refractivity contribution in [3.05, 3.63) is 0 Å². The Bertz CT molecular complexity index is 360. The van der Waals surface area contributed by atoms with E-state index in [4.69, 9.17) is 5.11 Å². The van der Waals surface area contributed by atoms with Crippen LogP contribution < -0.4 is 0 Å². The van der Waals surface area contributed by atoms with Crippen LogP contribution in [0.3, 0.4) is 0 Å². The van der Waals surface area contributed by atoms with Gasteiger partial charge in [-0.25, -0.2) is 4.79 Å². The van der Waals surface area contributed by atoms with Crippen molar-refractivity contribution in [2.24, 2.45) is 0 Å². The van der Waals surface area contributed by atoms with Gasteiger partial charge >= 0.3 is 12.0 Å². The van der Waals surface area contributed by atoms with E-state index in [1.165, 1.54) is 0 Å². The molecular weight excluding hydrogens is 270 g/mol. The Kier molecular flexibility index (Phi) is 6.95. The van der Waals surface area contributed by atoms with Crippen molar-refractivity contribution in [3.8, 4) is 0 Å². The van der Waals surface area contributed by atoms with E-state index >= 15 is 0 Å². The Morgan fingerprint density at radius 3 is 2.57 bits per heavy atom. The maximum Gasteiger partial charge on any atom is 0.320 e. The Hall–Kier alpha value is -1.30. The number of hydrogen-bond donors (Lipinski definition) is 1. The number of hydrogen-bond acceptors (Lipinski definition) is 3. The number of likely N-dealkylation sites (N-methyl/N-ethyl adjacent to an activating group) is 2. The fraction of sp³-hybridized carbons (Fsp3) is 0.867. The van der Waals surface area contributed by atoms with Crippen LogP contribution in [0, 0.1) is 0 Å². The third kappa shape index (κ3) is 5.53. The third-order valence-corrected chi connectivity index (χ3v) is 4.11. The highest BCUT2D eigenvalue weighted by Gasteiger charge is 2.28. The Labute approximate surface area is 127 Å².